The highest BCUT2D eigenvalue weighted by atomic mass is 79.9. The fourth-order valence-electron chi connectivity index (χ4n) is 1.63. The van der Waals surface area contributed by atoms with Gasteiger partial charge in [0.25, 0.3) is 0 Å². The predicted octanol–water partition coefficient (Wildman–Crippen LogP) is 4.49. The summed E-state index contributed by atoms with van der Waals surface area (Å²) in [6, 6.07) is 12.2. The van der Waals surface area contributed by atoms with Gasteiger partial charge >= 0.3 is 0 Å². The Balaban J connectivity index is 2.06. The van der Waals surface area contributed by atoms with Gasteiger partial charge in [-0.3, -0.25) is 0 Å². The second-order valence-corrected chi connectivity index (χ2v) is 4.96. The zero-order chi connectivity index (χ0) is 13.7. The van der Waals surface area contributed by atoms with Crippen LogP contribution < -0.4 is 10.1 Å². The molecule has 0 saturated heterocycles. The molecule has 0 fully saturated rings. The third-order valence-corrected chi connectivity index (χ3v) is 3.24. The van der Waals surface area contributed by atoms with Gasteiger partial charge in [-0.25, -0.2) is 4.39 Å². The lowest BCUT2D eigenvalue weighted by Crippen LogP contribution is -2.11. The summed E-state index contributed by atoms with van der Waals surface area (Å²) in [5.74, 6) is 1.04. The molecule has 0 aliphatic carbocycles. The van der Waals surface area contributed by atoms with E-state index in [-0.39, 0.29) is 5.82 Å². The molecule has 100 valence electrons. The molecular weight excluding hydrogens is 309 g/mol. The first-order chi connectivity index (χ1) is 9.19. The van der Waals surface area contributed by atoms with Crippen molar-refractivity contribution in [3.05, 3.63) is 58.3 Å². The molecule has 0 saturated carbocycles. The number of halogens is 2. The van der Waals surface area contributed by atoms with E-state index >= 15 is 0 Å². The van der Waals surface area contributed by atoms with Crippen LogP contribution in [0.25, 0.3) is 0 Å². The molecule has 0 bridgehead atoms. The maximum absolute atomic E-state index is 13.0. The van der Waals surface area contributed by atoms with Crippen LogP contribution in [-0.4, -0.2) is 6.54 Å². The second-order valence-electron chi connectivity index (χ2n) is 4.10. The van der Waals surface area contributed by atoms with E-state index in [4.69, 9.17) is 4.74 Å². The van der Waals surface area contributed by atoms with Crippen LogP contribution in [0.15, 0.2) is 46.9 Å². The molecule has 0 heterocycles. The van der Waals surface area contributed by atoms with E-state index in [1.54, 1.807) is 6.07 Å². The Morgan fingerprint density at radius 3 is 2.53 bits per heavy atom. The van der Waals surface area contributed by atoms with Crippen LogP contribution in [0, 0.1) is 5.82 Å². The molecule has 1 N–H and O–H groups in total. The van der Waals surface area contributed by atoms with E-state index in [0.29, 0.717) is 10.2 Å². The quantitative estimate of drug-likeness (QED) is 0.875. The third kappa shape index (κ3) is 4.04. The van der Waals surface area contributed by atoms with Crippen molar-refractivity contribution in [2.75, 3.05) is 6.54 Å². The van der Waals surface area contributed by atoms with Crippen LogP contribution in [-0.2, 0) is 6.54 Å². The van der Waals surface area contributed by atoms with Crippen molar-refractivity contribution in [3.8, 4) is 11.5 Å². The molecule has 0 aromatic heterocycles. The lowest BCUT2D eigenvalue weighted by Gasteiger charge is -2.08. The second kappa shape index (κ2) is 6.68. The van der Waals surface area contributed by atoms with Crippen molar-refractivity contribution in [2.45, 2.75) is 13.5 Å². The Morgan fingerprint density at radius 2 is 1.89 bits per heavy atom. The molecule has 19 heavy (non-hydrogen) atoms. The normalized spacial score (nSPS) is 10.5. The molecule has 0 amide bonds. The summed E-state index contributed by atoms with van der Waals surface area (Å²) in [7, 11) is 0. The van der Waals surface area contributed by atoms with E-state index in [1.807, 2.05) is 24.3 Å². The first-order valence-corrected chi connectivity index (χ1v) is 6.91. The summed E-state index contributed by atoms with van der Waals surface area (Å²) >= 11 is 3.28. The number of benzene rings is 2. The van der Waals surface area contributed by atoms with Gasteiger partial charge in [-0.2, -0.15) is 0 Å². The molecule has 0 unspecified atom stereocenters. The Hall–Kier alpha value is -1.39. The Labute approximate surface area is 120 Å². The van der Waals surface area contributed by atoms with E-state index in [9.17, 15) is 4.39 Å². The van der Waals surface area contributed by atoms with E-state index in [1.165, 1.54) is 17.7 Å². The standard InChI is InChI=1S/C15H15BrFNO/c1-2-18-10-11-3-6-13(7-4-11)19-15-8-5-12(17)9-14(15)16/h3-9,18H,2,10H2,1H3. The minimum Gasteiger partial charge on any atom is -0.456 e. The SMILES string of the molecule is CCNCc1ccc(Oc2ccc(F)cc2Br)cc1. The highest BCUT2D eigenvalue weighted by molar-refractivity contribution is 9.10. The van der Waals surface area contributed by atoms with Gasteiger partial charge < -0.3 is 10.1 Å². The maximum atomic E-state index is 13.0. The number of rotatable bonds is 5. The highest BCUT2D eigenvalue weighted by Crippen LogP contribution is 2.30. The van der Waals surface area contributed by atoms with Gasteiger partial charge in [0, 0.05) is 6.54 Å². The monoisotopic (exact) mass is 323 g/mol. The largest absolute Gasteiger partial charge is 0.456 e. The van der Waals surface area contributed by atoms with Crippen LogP contribution in [0.4, 0.5) is 4.39 Å². The Morgan fingerprint density at radius 1 is 1.16 bits per heavy atom. The molecule has 0 radical (unpaired) electrons. The van der Waals surface area contributed by atoms with E-state index in [2.05, 4.69) is 28.2 Å². The molecule has 2 aromatic carbocycles. The van der Waals surface area contributed by atoms with Gasteiger partial charge in [0.1, 0.15) is 17.3 Å². The van der Waals surface area contributed by atoms with Crippen LogP contribution in [0.1, 0.15) is 12.5 Å². The Bertz CT molecular complexity index is 542. The molecule has 4 heteroatoms. The maximum Gasteiger partial charge on any atom is 0.141 e. The molecule has 0 aliphatic heterocycles. The molecular formula is C15H15BrFNO. The van der Waals surface area contributed by atoms with Crippen molar-refractivity contribution in [1.82, 2.24) is 5.32 Å². The highest BCUT2D eigenvalue weighted by Gasteiger charge is 2.04. The molecule has 0 spiro atoms. The van der Waals surface area contributed by atoms with Crippen LogP contribution in [0.3, 0.4) is 0 Å². The van der Waals surface area contributed by atoms with E-state index in [0.717, 1.165) is 18.8 Å². The average Bonchev–Trinajstić information content (AvgIpc) is 2.41. The number of hydrogen-bond donors (Lipinski definition) is 1. The van der Waals surface area contributed by atoms with Crippen molar-refractivity contribution in [1.29, 1.82) is 0 Å². The van der Waals surface area contributed by atoms with Gasteiger partial charge in [-0.05, 0) is 58.4 Å². The van der Waals surface area contributed by atoms with Crippen molar-refractivity contribution in [2.24, 2.45) is 0 Å². The van der Waals surface area contributed by atoms with Gasteiger partial charge in [0.2, 0.25) is 0 Å². The van der Waals surface area contributed by atoms with Crippen molar-refractivity contribution < 1.29 is 9.13 Å². The summed E-state index contributed by atoms with van der Waals surface area (Å²) in [6.07, 6.45) is 0. The first kappa shape index (κ1) is 14.0. The predicted molar refractivity (Wildman–Crippen MR) is 78.0 cm³/mol. The third-order valence-electron chi connectivity index (χ3n) is 2.62. The summed E-state index contributed by atoms with van der Waals surface area (Å²) < 4.78 is 19.3. The summed E-state index contributed by atoms with van der Waals surface area (Å²) in [6.45, 7) is 3.86. The number of ether oxygens (including phenoxy) is 1. The average molecular weight is 324 g/mol. The van der Waals surface area contributed by atoms with Gasteiger partial charge in [-0.15, -0.1) is 0 Å². The molecule has 2 rings (SSSR count). The van der Waals surface area contributed by atoms with E-state index < -0.39 is 0 Å². The van der Waals surface area contributed by atoms with Crippen LogP contribution in [0.5, 0.6) is 11.5 Å². The molecule has 2 nitrogen and oxygen atoms in total. The lowest BCUT2D eigenvalue weighted by atomic mass is 10.2. The smallest absolute Gasteiger partial charge is 0.141 e. The molecule has 0 atom stereocenters. The summed E-state index contributed by atoms with van der Waals surface area (Å²) in [4.78, 5) is 0. The number of hydrogen-bond acceptors (Lipinski definition) is 2. The topological polar surface area (TPSA) is 21.3 Å². The lowest BCUT2D eigenvalue weighted by molar-refractivity contribution is 0.477. The zero-order valence-electron chi connectivity index (χ0n) is 10.6. The minimum atomic E-state index is -0.291. The van der Waals surface area contributed by atoms with Crippen LogP contribution in [0.2, 0.25) is 0 Å². The zero-order valence-corrected chi connectivity index (χ0v) is 12.2. The summed E-state index contributed by atoms with van der Waals surface area (Å²) in [5, 5.41) is 3.26. The molecule has 2 aromatic rings. The first-order valence-electron chi connectivity index (χ1n) is 6.11. The number of nitrogens with one attached hydrogen (secondary N) is 1. The van der Waals surface area contributed by atoms with Crippen LogP contribution >= 0.6 is 15.9 Å². The van der Waals surface area contributed by atoms with Crippen molar-refractivity contribution >= 4 is 15.9 Å². The minimum absolute atomic E-state index is 0.291. The molecule has 0 aliphatic rings. The Kier molecular flexibility index (Phi) is 4.93. The van der Waals surface area contributed by atoms with Gasteiger partial charge in [0.05, 0.1) is 4.47 Å². The fourth-order valence-corrected chi connectivity index (χ4v) is 2.06. The van der Waals surface area contributed by atoms with Gasteiger partial charge in [-0.1, -0.05) is 19.1 Å². The fraction of sp³-hybridized carbons (Fsp3) is 0.200. The van der Waals surface area contributed by atoms with Gasteiger partial charge in [0.15, 0.2) is 0 Å². The summed E-state index contributed by atoms with van der Waals surface area (Å²) in [5.41, 5.74) is 1.20. The van der Waals surface area contributed by atoms with Crippen molar-refractivity contribution in [3.63, 3.8) is 0 Å².